The van der Waals surface area contributed by atoms with Gasteiger partial charge in [-0.3, -0.25) is 0 Å². The lowest BCUT2D eigenvalue weighted by Gasteiger charge is -2.16. The number of halogens is 3. The van der Waals surface area contributed by atoms with Crippen molar-refractivity contribution in [3.8, 4) is 0 Å². The second kappa shape index (κ2) is 5.87. The van der Waals surface area contributed by atoms with Crippen LogP contribution in [0.5, 0.6) is 0 Å². The van der Waals surface area contributed by atoms with Gasteiger partial charge in [-0.1, -0.05) is 6.07 Å². The van der Waals surface area contributed by atoms with Gasteiger partial charge in [-0.2, -0.15) is 13.2 Å². The summed E-state index contributed by atoms with van der Waals surface area (Å²) in [4.78, 5) is 3.84. The zero-order valence-electron chi connectivity index (χ0n) is 13.4. The van der Waals surface area contributed by atoms with Crippen molar-refractivity contribution in [3.05, 3.63) is 59.4 Å². The van der Waals surface area contributed by atoms with E-state index in [4.69, 9.17) is 0 Å². The van der Waals surface area contributed by atoms with E-state index in [1.54, 1.807) is 29.8 Å². The predicted molar refractivity (Wildman–Crippen MR) is 87.0 cm³/mol. The first kappa shape index (κ1) is 17.5. The molecule has 0 unspecified atom stereocenters. The Morgan fingerprint density at radius 3 is 2.60 bits per heavy atom. The Morgan fingerprint density at radius 2 is 1.96 bits per heavy atom. The number of fused-ring (bicyclic) bond motifs is 1. The van der Waals surface area contributed by atoms with Crippen LogP contribution in [0.25, 0.3) is 11.0 Å². The molecule has 25 heavy (non-hydrogen) atoms. The van der Waals surface area contributed by atoms with E-state index in [0.717, 1.165) is 6.26 Å². The zero-order valence-corrected chi connectivity index (χ0v) is 14.2. The summed E-state index contributed by atoms with van der Waals surface area (Å²) in [6, 6.07) is 9.65. The largest absolute Gasteiger partial charge is 0.416 e. The van der Waals surface area contributed by atoms with E-state index in [1.165, 1.54) is 12.1 Å². The number of hydrogen-bond donors (Lipinski definition) is 0. The minimum atomic E-state index is -4.66. The van der Waals surface area contributed by atoms with Crippen molar-refractivity contribution in [1.82, 2.24) is 9.55 Å². The van der Waals surface area contributed by atoms with Crippen molar-refractivity contribution in [2.45, 2.75) is 24.5 Å². The molecule has 0 saturated carbocycles. The molecule has 0 aliphatic carbocycles. The number of benzene rings is 1. The first-order valence-electron chi connectivity index (χ1n) is 7.30. The van der Waals surface area contributed by atoms with E-state index in [1.807, 2.05) is 0 Å². The van der Waals surface area contributed by atoms with Crippen molar-refractivity contribution in [2.24, 2.45) is 0 Å². The zero-order chi connectivity index (χ0) is 18.4. The summed E-state index contributed by atoms with van der Waals surface area (Å²) in [5.74, 6) is 0. The average molecular weight is 367 g/mol. The summed E-state index contributed by atoms with van der Waals surface area (Å²) in [6.07, 6.45) is -2.22. The van der Waals surface area contributed by atoms with E-state index >= 15 is 0 Å². The third kappa shape index (κ3) is 3.39. The molecule has 0 fully saturated rings. The molecule has 131 valence electrons. The van der Waals surface area contributed by atoms with Crippen LogP contribution in [0.15, 0.2) is 41.4 Å². The maximum absolute atomic E-state index is 13.4. The Labute approximate surface area is 142 Å². The summed E-state index contributed by atoms with van der Waals surface area (Å²) in [7, 11) is -3.73. The fourth-order valence-corrected chi connectivity index (χ4v) is 3.33. The number of hydrogen-bond acceptors (Lipinski definition) is 3. The van der Waals surface area contributed by atoms with Gasteiger partial charge in [-0.15, -0.1) is 0 Å². The van der Waals surface area contributed by atoms with Crippen LogP contribution in [-0.2, 0) is 22.6 Å². The van der Waals surface area contributed by atoms with Gasteiger partial charge in [0.15, 0.2) is 9.84 Å². The van der Waals surface area contributed by atoms with Gasteiger partial charge >= 0.3 is 6.18 Å². The Morgan fingerprint density at radius 1 is 1.24 bits per heavy atom. The van der Waals surface area contributed by atoms with Crippen LogP contribution >= 0.6 is 0 Å². The van der Waals surface area contributed by atoms with Gasteiger partial charge in [0, 0.05) is 36.1 Å². The highest BCUT2D eigenvalue weighted by molar-refractivity contribution is 7.90. The molecule has 0 atom stereocenters. The third-order valence-corrected chi connectivity index (χ3v) is 5.02. The summed E-state index contributed by atoms with van der Waals surface area (Å²) < 4.78 is 65.1. The summed E-state index contributed by atoms with van der Waals surface area (Å²) in [5.41, 5.74) is 0.182. The number of sulfone groups is 1. The number of aryl methyl sites for hydroxylation is 1. The topological polar surface area (TPSA) is 52.0 Å². The molecular formula is C17H14F3N2O2S. The smallest absolute Gasteiger partial charge is 0.325 e. The second-order valence-electron chi connectivity index (χ2n) is 5.76. The quantitative estimate of drug-likeness (QED) is 0.711. The monoisotopic (exact) mass is 367 g/mol. The lowest BCUT2D eigenvalue weighted by molar-refractivity contribution is -0.138. The molecule has 2 heterocycles. The number of alkyl halides is 3. The minimum absolute atomic E-state index is 0.0282. The van der Waals surface area contributed by atoms with E-state index in [2.05, 4.69) is 11.1 Å². The van der Waals surface area contributed by atoms with Crippen LogP contribution in [0.1, 0.15) is 16.8 Å². The maximum Gasteiger partial charge on any atom is 0.416 e. The summed E-state index contributed by atoms with van der Waals surface area (Å²) in [6.45, 7) is 1.65. The molecule has 1 radical (unpaired) electrons. The average Bonchev–Trinajstić information content (AvgIpc) is 2.81. The maximum atomic E-state index is 13.4. The SMILES string of the molecule is Cc1[c]c2cccnc2n1Cc1ccc(S(C)(=O)=O)cc1C(F)(F)F. The lowest BCUT2D eigenvalue weighted by atomic mass is 10.1. The number of aromatic nitrogens is 2. The molecule has 4 nitrogen and oxygen atoms in total. The molecule has 0 aliphatic rings. The van der Waals surface area contributed by atoms with E-state index in [-0.39, 0.29) is 17.0 Å². The first-order valence-corrected chi connectivity index (χ1v) is 9.20. The molecule has 2 aromatic heterocycles. The normalized spacial score (nSPS) is 12.7. The highest BCUT2D eigenvalue weighted by Gasteiger charge is 2.34. The first-order chi connectivity index (χ1) is 11.6. The molecule has 0 bridgehead atoms. The Bertz CT molecular complexity index is 1050. The van der Waals surface area contributed by atoms with Crippen molar-refractivity contribution in [1.29, 1.82) is 0 Å². The van der Waals surface area contributed by atoms with Gasteiger partial charge < -0.3 is 4.57 Å². The number of pyridine rings is 1. The van der Waals surface area contributed by atoms with Gasteiger partial charge in [0.05, 0.1) is 10.5 Å². The van der Waals surface area contributed by atoms with E-state index in [9.17, 15) is 21.6 Å². The molecule has 0 amide bonds. The van der Waals surface area contributed by atoms with Gasteiger partial charge in [0.2, 0.25) is 0 Å². The number of nitrogens with zero attached hydrogens (tertiary/aromatic N) is 2. The highest BCUT2D eigenvalue weighted by atomic mass is 32.2. The van der Waals surface area contributed by atoms with Crippen LogP contribution in [0.3, 0.4) is 0 Å². The van der Waals surface area contributed by atoms with E-state index < -0.39 is 21.6 Å². The highest BCUT2D eigenvalue weighted by Crippen LogP contribution is 2.34. The van der Waals surface area contributed by atoms with Gasteiger partial charge in [-0.25, -0.2) is 13.4 Å². The van der Waals surface area contributed by atoms with Crippen LogP contribution in [0.4, 0.5) is 13.2 Å². The standard InChI is InChI=1S/C17H14F3N2O2S/c1-11-8-12-4-3-7-21-16(12)22(11)10-13-5-6-14(25(2,23)24)9-15(13)17(18,19)20/h3-7,9H,10H2,1-2H3. The van der Waals surface area contributed by atoms with E-state index in [0.29, 0.717) is 22.8 Å². The van der Waals surface area contributed by atoms with Gasteiger partial charge in [-0.05, 0) is 36.8 Å². The summed E-state index contributed by atoms with van der Waals surface area (Å²) >= 11 is 0. The Hall–Kier alpha value is -2.35. The molecule has 3 rings (SSSR count). The predicted octanol–water partition coefficient (Wildman–Crippen LogP) is 3.62. The molecule has 3 aromatic rings. The molecule has 8 heteroatoms. The lowest BCUT2D eigenvalue weighted by Crippen LogP contribution is -2.14. The fraction of sp³-hybridized carbons (Fsp3) is 0.235. The Balaban J connectivity index is 2.15. The fourth-order valence-electron chi connectivity index (χ4n) is 2.68. The van der Waals surface area contributed by atoms with Gasteiger partial charge in [0.25, 0.3) is 0 Å². The van der Waals surface area contributed by atoms with Crippen molar-refractivity contribution < 1.29 is 21.6 Å². The molecule has 1 aromatic carbocycles. The second-order valence-corrected chi connectivity index (χ2v) is 7.78. The van der Waals surface area contributed by atoms with Gasteiger partial charge in [0.1, 0.15) is 5.65 Å². The molecule has 0 saturated heterocycles. The van der Waals surface area contributed by atoms with Crippen LogP contribution in [0.2, 0.25) is 0 Å². The van der Waals surface area contributed by atoms with Crippen LogP contribution < -0.4 is 0 Å². The molecule has 0 N–H and O–H groups in total. The number of rotatable bonds is 3. The Kier molecular flexibility index (Phi) is 4.10. The molecule has 0 spiro atoms. The van der Waals surface area contributed by atoms with Crippen molar-refractivity contribution in [3.63, 3.8) is 0 Å². The van der Waals surface area contributed by atoms with Crippen molar-refractivity contribution >= 4 is 20.9 Å². The molecular weight excluding hydrogens is 353 g/mol. The summed E-state index contributed by atoms with van der Waals surface area (Å²) in [5, 5.41) is 0.710. The minimum Gasteiger partial charge on any atom is -0.325 e. The molecule has 0 aliphatic heterocycles. The van der Waals surface area contributed by atoms with Crippen molar-refractivity contribution in [2.75, 3.05) is 6.26 Å². The van der Waals surface area contributed by atoms with Crippen LogP contribution in [0, 0.1) is 13.0 Å². The third-order valence-electron chi connectivity index (χ3n) is 3.91. The van der Waals surface area contributed by atoms with Crippen LogP contribution in [-0.4, -0.2) is 24.2 Å².